The fourth-order valence-corrected chi connectivity index (χ4v) is 2.55. The maximum atomic E-state index is 13.7. The van der Waals surface area contributed by atoms with Crippen LogP contribution in [0, 0.1) is 12.7 Å². The van der Waals surface area contributed by atoms with E-state index < -0.39 is 6.10 Å². The van der Waals surface area contributed by atoms with Crippen molar-refractivity contribution in [2.24, 2.45) is 0 Å². The van der Waals surface area contributed by atoms with Crippen LogP contribution in [0.4, 0.5) is 10.1 Å². The molecule has 0 aliphatic carbocycles. The summed E-state index contributed by atoms with van der Waals surface area (Å²) in [7, 11) is 1.92. The molecule has 0 bridgehead atoms. The van der Waals surface area contributed by atoms with Crippen LogP contribution in [0.1, 0.15) is 29.7 Å². The lowest BCUT2D eigenvalue weighted by Crippen LogP contribution is -2.19. The summed E-state index contributed by atoms with van der Waals surface area (Å²) in [5, 5.41) is 10.6. The summed E-state index contributed by atoms with van der Waals surface area (Å²) >= 11 is 5.99. The van der Waals surface area contributed by atoms with E-state index in [1.165, 1.54) is 6.07 Å². The maximum Gasteiger partial charge on any atom is 0.126 e. The van der Waals surface area contributed by atoms with Gasteiger partial charge in [0.1, 0.15) is 5.82 Å². The van der Waals surface area contributed by atoms with Crippen LogP contribution in [-0.4, -0.2) is 12.2 Å². The van der Waals surface area contributed by atoms with Gasteiger partial charge in [0.05, 0.1) is 6.10 Å². The molecule has 0 aromatic heterocycles. The molecule has 0 saturated carbocycles. The molecule has 0 amide bonds. The van der Waals surface area contributed by atoms with Crippen molar-refractivity contribution in [1.29, 1.82) is 0 Å². The van der Waals surface area contributed by atoms with E-state index in [9.17, 15) is 9.50 Å². The van der Waals surface area contributed by atoms with Crippen molar-refractivity contribution in [3.8, 4) is 0 Å². The molecule has 21 heavy (non-hydrogen) atoms. The van der Waals surface area contributed by atoms with Gasteiger partial charge in [-0.3, -0.25) is 0 Å². The lowest BCUT2D eigenvalue weighted by atomic mass is 10.0. The highest BCUT2D eigenvalue weighted by atomic mass is 35.5. The number of halogens is 2. The van der Waals surface area contributed by atoms with Crippen LogP contribution >= 0.6 is 11.6 Å². The van der Waals surface area contributed by atoms with E-state index in [1.807, 2.05) is 36.2 Å². The van der Waals surface area contributed by atoms with Gasteiger partial charge in [-0.2, -0.15) is 0 Å². The van der Waals surface area contributed by atoms with Crippen molar-refractivity contribution < 1.29 is 9.50 Å². The van der Waals surface area contributed by atoms with Crippen LogP contribution < -0.4 is 4.90 Å². The molecule has 0 fully saturated rings. The minimum Gasteiger partial charge on any atom is -0.389 e. The number of benzene rings is 2. The van der Waals surface area contributed by atoms with Gasteiger partial charge in [-0.1, -0.05) is 23.7 Å². The van der Waals surface area contributed by atoms with Gasteiger partial charge < -0.3 is 10.0 Å². The third kappa shape index (κ3) is 3.74. The summed E-state index contributed by atoms with van der Waals surface area (Å²) in [6, 6.07) is 10.8. The van der Waals surface area contributed by atoms with Crippen LogP contribution in [0.2, 0.25) is 5.02 Å². The van der Waals surface area contributed by atoms with Crippen LogP contribution in [0.25, 0.3) is 0 Å². The first kappa shape index (κ1) is 15.8. The van der Waals surface area contributed by atoms with Crippen molar-refractivity contribution >= 4 is 17.3 Å². The van der Waals surface area contributed by atoms with E-state index >= 15 is 0 Å². The van der Waals surface area contributed by atoms with Gasteiger partial charge in [-0.25, -0.2) is 4.39 Å². The minimum atomic E-state index is -0.725. The monoisotopic (exact) mass is 307 g/mol. The number of hydrogen-bond acceptors (Lipinski definition) is 2. The summed E-state index contributed by atoms with van der Waals surface area (Å²) in [6.07, 6.45) is -0.725. The Morgan fingerprint density at radius 2 is 2.00 bits per heavy atom. The Hall–Kier alpha value is -1.58. The first-order chi connectivity index (χ1) is 9.88. The van der Waals surface area contributed by atoms with E-state index in [2.05, 4.69) is 0 Å². The summed E-state index contributed by atoms with van der Waals surface area (Å²) in [5.41, 5.74) is 3.03. The Labute approximate surface area is 129 Å². The van der Waals surface area contributed by atoms with Gasteiger partial charge in [0, 0.05) is 29.9 Å². The second-order valence-corrected chi connectivity index (χ2v) is 5.76. The molecular formula is C17H19ClFNO. The number of rotatable bonds is 4. The minimum absolute atomic E-state index is 0.300. The molecule has 0 saturated heterocycles. The smallest absolute Gasteiger partial charge is 0.126 e. The number of hydrogen-bond donors (Lipinski definition) is 1. The zero-order valence-electron chi connectivity index (χ0n) is 12.4. The highest BCUT2D eigenvalue weighted by molar-refractivity contribution is 6.30. The second-order valence-electron chi connectivity index (χ2n) is 5.32. The number of aliphatic hydroxyl groups is 1. The maximum absolute atomic E-state index is 13.7. The number of nitrogens with zero attached hydrogens (tertiary/aromatic N) is 1. The van der Waals surface area contributed by atoms with Crippen molar-refractivity contribution in [1.82, 2.24) is 0 Å². The molecule has 2 rings (SSSR count). The largest absolute Gasteiger partial charge is 0.389 e. The molecule has 0 spiro atoms. The molecule has 112 valence electrons. The van der Waals surface area contributed by atoms with Gasteiger partial charge >= 0.3 is 0 Å². The molecule has 1 unspecified atom stereocenters. The summed E-state index contributed by atoms with van der Waals surface area (Å²) in [6.45, 7) is 3.99. The van der Waals surface area contributed by atoms with Crippen molar-refractivity contribution in [2.75, 3.05) is 11.9 Å². The summed E-state index contributed by atoms with van der Waals surface area (Å²) < 4.78 is 13.7. The topological polar surface area (TPSA) is 23.5 Å². The molecule has 1 N–H and O–H groups in total. The summed E-state index contributed by atoms with van der Waals surface area (Å²) in [4.78, 5) is 1.99. The van der Waals surface area contributed by atoms with Crippen LogP contribution in [0.3, 0.4) is 0 Å². The predicted molar refractivity (Wildman–Crippen MR) is 85.3 cm³/mol. The fraction of sp³-hybridized carbons (Fsp3) is 0.294. The van der Waals surface area contributed by atoms with E-state index in [4.69, 9.17) is 11.6 Å². The van der Waals surface area contributed by atoms with Crippen LogP contribution in [-0.2, 0) is 6.54 Å². The molecule has 2 nitrogen and oxygen atoms in total. The van der Waals surface area contributed by atoms with E-state index in [-0.39, 0.29) is 5.82 Å². The molecule has 0 heterocycles. The average molecular weight is 308 g/mol. The summed E-state index contributed by atoms with van der Waals surface area (Å²) in [5.74, 6) is -0.300. The Balaban J connectivity index is 2.34. The molecule has 0 aliphatic rings. The van der Waals surface area contributed by atoms with Gasteiger partial charge in [0.25, 0.3) is 0 Å². The molecular weight excluding hydrogens is 289 g/mol. The standard InChI is InChI=1S/C17H19ClFNO/c1-11-7-17(15(12(2)21)9-16(11)19)20(3)10-13-5-4-6-14(18)8-13/h4-9,12,21H,10H2,1-3H3. The first-order valence-electron chi connectivity index (χ1n) is 6.82. The van der Waals surface area contributed by atoms with E-state index in [0.717, 1.165) is 11.3 Å². The molecule has 2 aromatic carbocycles. The molecule has 0 aliphatic heterocycles. The Morgan fingerprint density at radius 1 is 1.29 bits per heavy atom. The zero-order valence-corrected chi connectivity index (χ0v) is 13.2. The Bertz CT molecular complexity index is 643. The highest BCUT2D eigenvalue weighted by Gasteiger charge is 2.15. The average Bonchev–Trinajstić information content (AvgIpc) is 2.41. The van der Waals surface area contributed by atoms with Crippen LogP contribution in [0.5, 0.6) is 0 Å². The third-order valence-electron chi connectivity index (χ3n) is 3.48. The molecule has 0 radical (unpaired) electrons. The number of aliphatic hydroxyl groups excluding tert-OH is 1. The quantitative estimate of drug-likeness (QED) is 0.900. The lowest BCUT2D eigenvalue weighted by Gasteiger charge is -2.24. The highest BCUT2D eigenvalue weighted by Crippen LogP contribution is 2.29. The third-order valence-corrected chi connectivity index (χ3v) is 3.71. The number of anilines is 1. The zero-order chi connectivity index (χ0) is 15.6. The van der Waals surface area contributed by atoms with E-state index in [1.54, 1.807) is 19.9 Å². The van der Waals surface area contributed by atoms with Crippen molar-refractivity contribution in [2.45, 2.75) is 26.5 Å². The van der Waals surface area contributed by atoms with Gasteiger partial charge in [0.15, 0.2) is 0 Å². The lowest BCUT2D eigenvalue weighted by molar-refractivity contribution is 0.199. The Kier molecular flexibility index (Phi) is 4.86. The van der Waals surface area contributed by atoms with Gasteiger partial charge in [0.2, 0.25) is 0 Å². The van der Waals surface area contributed by atoms with Crippen molar-refractivity contribution in [3.05, 3.63) is 63.9 Å². The second kappa shape index (κ2) is 6.46. The van der Waals surface area contributed by atoms with E-state index in [0.29, 0.717) is 22.7 Å². The first-order valence-corrected chi connectivity index (χ1v) is 7.20. The van der Waals surface area contributed by atoms with Gasteiger partial charge in [-0.05, 0) is 49.2 Å². The Morgan fingerprint density at radius 3 is 2.62 bits per heavy atom. The van der Waals surface area contributed by atoms with Crippen molar-refractivity contribution in [3.63, 3.8) is 0 Å². The van der Waals surface area contributed by atoms with Gasteiger partial charge in [-0.15, -0.1) is 0 Å². The SMILES string of the molecule is Cc1cc(N(C)Cc2cccc(Cl)c2)c(C(C)O)cc1F. The molecule has 1 atom stereocenters. The molecule has 4 heteroatoms. The van der Waals surface area contributed by atoms with Crippen LogP contribution in [0.15, 0.2) is 36.4 Å². The fourth-order valence-electron chi connectivity index (χ4n) is 2.34. The normalized spacial score (nSPS) is 12.3. The predicted octanol–water partition coefficient (Wildman–Crippen LogP) is 4.48. The number of aryl methyl sites for hydroxylation is 1. The molecule has 2 aromatic rings.